The number of alkyl halides is 3. The number of carboxylic acid groups (broad SMARTS) is 1. The zero-order valence-electron chi connectivity index (χ0n) is 22.8. The van der Waals surface area contributed by atoms with E-state index < -0.39 is 18.2 Å². The van der Waals surface area contributed by atoms with Crippen LogP contribution in [0.1, 0.15) is 22.3 Å². The van der Waals surface area contributed by atoms with E-state index in [1.165, 1.54) is 11.1 Å². The van der Waals surface area contributed by atoms with Gasteiger partial charge in [0.05, 0.1) is 6.54 Å². The van der Waals surface area contributed by atoms with Crippen molar-refractivity contribution in [2.24, 2.45) is 0 Å². The third kappa shape index (κ3) is 7.14. The third-order valence-electron chi connectivity index (χ3n) is 7.16. The topological polar surface area (TPSA) is 98.7 Å². The summed E-state index contributed by atoms with van der Waals surface area (Å²) >= 11 is 3.51. The number of fused-ring (bicyclic) bond motifs is 2. The molecule has 12 heteroatoms. The average Bonchev–Trinajstić information content (AvgIpc) is 3.00. The van der Waals surface area contributed by atoms with Gasteiger partial charge in [-0.05, 0) is 40.8 Å². The van der Waals surface area contributed by atoms with E-state index in [1.807, 2.05) is 47.4 Å². The fraction of sp³-hybridized carbons (Fsp3) is 0.226. The molecule has 0 saturated heterocycles. The molecule has 8 nitrogen and oxygen atoms in total. The number of aromatic nitrogens is 2. The number of carbonyl (C=O) groups excluding carboxylic acids is 1. The van der Waals surface area contributed by atoms with Crippen molar-refractivity contribution in [3.63, 3.8) is 0 Å². The molecule has 2 aliphatic heterocycles. The van der Waals surface area contributed by atoms with Crippen molar-refractivity contribution >= 4 is 45.1 Å². The lowest BCUT2D eigenvalue weighted by atomic mass is 9.99. The van der Waals surface area contributed by atoms with Crippen LogP contribution in [0.5, 0.6) is 0 Å². The Hall–Kier alpha value is -4.45. The van der Waals surface area contributed by atoms with Crippen LogP contribution in [0.4, 0.5) is 30.5 Å². The summed E-state index contributed by atoms with van der Waals surface area (Å²) in [6, 6.07) is 26.4. The van der Waals surface area contributed by atoms with Crippen molar-refractivity contribution < 1.29 is 27.9 Å². The maximum Gasteiger partial charge on any atom is 0.490 e. The molecule has 222 valence electrons. The number of hydrogen-bond donors (Lipinski definition) is 2. The Bertz CT molecular complexity index is 1600. The van der Waals surface area contributed by atoms with Crippen LogP contribution in [0.3, 0.4) is 0 Å². The predicted octanol–water partition coefficient (Wildman–Crippen LogP) is 6.01. The molecule has 2 N–H and O–H groups in total. The quantitative estimate of drug-likeness (QED) is 0.272. The van der Waals surface area contributed by atoms with Gasteiger partial charge in [0, 0.05) is 24.0 Å². The summed E-state index contributed by atoms with van der Waals surface area (Å²) in [7, 11) is 0. The summed E-state index contributed by atoms with van der Waals surface area (Å²) in [5, 5.41) is 10.6. The summed E-state index contributed by atoms with van der Waals surface area (Å²) < 4.78 is 32.7. The van der Waals surface area contributed by atoms with Gasteiger partial charge in [-0.2, -0.15) is 13.2 Å². The molecule has 2 aliphatic rings. The Morgan fingerprint density at radius 3 is 2.28 bits per heavy atom. The lowest BCUT2D eigenvalue weighted by Crippen LogP contribution is -2.49. The number of benzene rings is 3. The smallest absolute Gasteiger partial charge is 0.475 e. The van der Waals surface area contributed by atoms with E-state index in [0.29, 0.717) is 18.8 Å². The highest BCUT2D eigenvalue weighted by atomic mass is 79.9. The molecule has 1 aromatic heterocycles. The van der Waals surface area contributed by atoms with Gasteiger partial charge >= 0.3 is 12.1 Å². The highest BCUT2D eigenvalue weighted by Gasteiger charge is 2.38. The first-order valence-electron chi connectivity index (χ1n) is 13.4. The standard InChI is InChI=1S/C29H26BrN5O.C2HF3O2/c30-24-12-10-21(11-13-24)17-35-26-27(33-25(29(35)36)16-20-6-2-1-3-7-20)31-19-32-28(26)34-15-14-22-8-4-5-9-23(22)18-34;3-2(4,5)1(6)7/h1-13,19,25H,14-18H2,(H,31,32,33);(H,6,7). The lowest BCUT2D eigenvalue weighted by Gasteiger charge is -2.38. The number of carbonyl (C=O) groups is 2. The lowest BCUT2D eigenvalue weighted by molar-refractivity contribution is -0.192. The number of hydrogen-bond acceptors (Lipinski definition) is 6. The summed E-state index contributed by atoms with van der Waals surface area (Å²) in [4.78, 5) is 36.3. The molecule has 0 saturated carbocycles. The molecule has 3 aromatic carbocycles. The van der Waals surface area contributed by atoms with Crippen LogP contribution in [-0.4, -0.2) is 45.7 Å². The van der Waals surface area contributed by atoms with Gasteiger partial charge in [0.2, 0.25) is 5.91 Å². The van der Waals surface area contributed by atoms with Gasteiger partial charge in [-0.3, -0.25) is 9.69 Å². The molecule has 0 fully saturated rings. The van der Waals surface area contributed by atoms with Crippen LogP contribution < -0.4 is 15.1 Å². The van der Waals surface area contributed by atoms with Gasteiger partial charge in [0.1, 0.15) is 18.1 Å². The fourth-order valence-corrected chi connectivity index (χ4v) is 5.34. The Kier molecular flexibility index (Phi) is 8.95. The summed E-state index contributed by atoms with van der Waals surface area (Å²) in [6.45, 7) is 2.05. The van der Waals surface area contributed by atoms with Crippen LogP contribution in [0.25, 0.3) is 0 Å². The molecule has 0 bridgehead atoms. The maximum absolute atomic E-state index is 14.0. The van der Waals surface area contributed by atoms with Gasteiger partial charge in [-0.1, -0.05) is 82.7 Å². The molecule has 1 atom stereocenters. The number of anilines is 3. The van der Waals surface area contributed by atoms with E-state index in [9.17, 15) is 18.0 Å². The van der Waals surface area contributed by atoms with Crippen molar-refractivity contribution in [3.05, 3.63) is 112 Å². The minimum Gasteiger partial charge on any atom is -0.475 e. The zero-order chi connectivity index (χ0) is 30.6. The zero-order valence-corrected chi connectivity index (χ0v) is 24.3. The number of amides is 1. The monoisotopic (exact) mass is 653 g/mol. The average molecular weight is 654 g/mol. The van der Waals surface area contributed by atoms with Gasteiger partial charge in [-0.25, -0.2) is 14.8 Å². The number of carboxylic acids is 1. The molecule has 43 heavy (non-hydrogen) atoms. The van der Waals surface area contributed by atoms with Gasteiger partial charge < -0.3 is 15.3 Å². The summed E-state index contributed by atoms with van der Waals surface area (Å²) in [5.74, 6) is -1.22. The van der Waals surface area contributed by atoms with Crippen LogP contribution >= 0.6 is 15.9 Å². The highest BCUT2D eigenvalue weighted by molar-refractivity contribution is 9.10. The van der Waals surface area contributed by atoms with E-state index in [0.717, 1.165) is 46.6 Å². The van der Waals surface area contributed by atoms with Crippen molar-refractivity contribution in [3.8, 4) is 0 Å². The normalized spacial score (nSPS) is 15.9. The Labute approximate surface area is 254 Å². The molecule has 0 spiro atoms. The largest absolute Gasteiger partial charge is 0.490 e. The molecule has 0 aliphatic carbocycles. The van der Waals surface area contributed by atoms with Crippen molar-refractivity contribution in [2.45, 2.75) is 38.1 Å². The Morgan fingerprint density at radius 2 is 1.60 bits per heavy atom. The molecule has 0 radical (unpaired) electrons. The Morgan fingerprint density at radius 1 is 0.953 bits per heavy atom. The molecule has 1 amide bonds. The molecular weight excluding hydrogens is 627 g/mol. The molecule has 6 rings (SSSR count). The van der Waals surface area contributed by atoms with Crippen LogP contribution in [0.2, 0.25) is 0 Å². The number of nitrogens with one attached hydrogen (secondary N) is 1. The number of nitrogens with zero attached hydrogens (tertiary/aromatic N) is 4. The molecule has 4 aromatic rings. The van der Waals surface area contributed by atoms with E-state index >= 15 is 0 Å². The second-order valence-corrected chi connectivity index (χ2v) is 11.0. The first kappa shape index (κ1) is 30.0. The summed E-state index contributed by atoms with van der Waals surface area (Å²) in [5.41, 5.74) is 5.59. The Balaban J connectivity index is 0.000000472. The van der Waals surface area contributed by atoms with Gasteiger partial charge in [-0.15, -0.1) is 0 Å². The van der Waals surface area contributed by atoms with E-state index in [-0.39, 0.29) is 5.91 Å². The van der Waals surface area contributed by atoms with E-state index in [4.69, 9.17) is 14.9 Å². The van der Waals surface area contributed by atoms with E-state index in [1.54, 1.807) is 6.33 Å². The molecular formula is C31H27BrF3N5O3. The second-order valence-electron chi connectivity index (χ2n) is 10.1. The second kappa shape index (κ2) is 12.8. The first-order chi connectivity index (χ1) is 20.6. The fourth-order valence-electron chi connectivity index (χ4n) is 5.07. The summed E-state index contributed by atoms with van der Waals surface area (Å²) in [6.07, 6.45) is -1.94. The van der Waals surface area contributed by atoms with Gasteiger partial charge in [0.25, 0.3) is 0 Å². The SMILES string of the molecule is O=C(O)C(F)(F)F.O=C1C(Cc2ccccc2)Nc2ncnc(N3CCc4ccccc4C3)c2N1Cc1ccc(Br)cc1. The van der Waals surface area contributed by atoms with E-state index in [2.05, 4.69) is 67.5 Å². The van der Waals surface area contributed by atoms with Crippen molar-refractivity contribution in [1.82, 2.24) is 9.97 Å². The minimum atomic E-state index is -5.08. The van der Waals surface area contributed by atoms with Crippen LogP contribution in [0, 0.1) is 0 Å². The predicted molar refractivity (Wildman–Crippen MR) is 160 cm³/mol. The van der Waals surface area contributed by atoms with Crippen LogP contribution in [0.15, 0.2) is 89.7 Å². The number of halogens is 4. The molecule has 1 unspecified atom stereocenters. The first-order valence-corrected chi connectivity index (χ1v) is 14.2. The molecule has 3 heterocycles. The highest BCUT2D eigenvalue weighted by Crippen LogP contribution is 2.40. The number of aliphatic carboxylic acids is 1. The van der Waals surface area contributed by atoms with Crippen molar-refractivity contribution in [1.29, 1.82) is 0 Å². The third-order valence-corrected chi connectivity index (χ3v) is 7.69. The maximum atomic E-state index is 14.0. The number of rotatable bonds is 5. The minimum absolute atomic E-state index is 0.0303. The van der Waals surface area contributed by atoms with Crippen molar-refractivity contribution in [2.75, 3.05) is 21.7 Å². The van der Waals surface area contributed by atoms with Crippen LogP contribution in [-0.2, 0) is 35.5 Å². The van der Waals surface area contributed by atoms with Gasteiger partial charge in [0.15, 0.2) is 11.6 Å².